The van der Waals surface area contributed by atoms with Gasteiger partial charge < -0.3 is 9.52 Å². The standard InChI is InChI=1S/C13H14O2/c14-9-4-7-13-12(8-10-15-13)11-5-2-1-3-6-11/h1-3,5-6,8,10,14H,4,7,9H2. The normalized spacial score (nSPS) is 10.5. The number of aliphatic hydroxyl groups excluding tert-OH is 1. The SMILES string of the molecule is OCCCc1occc1-c1ccccc1. The van der Waals surface area contributed by atoms with Gasteiger partial charge in [-0.25, -0.2) is 0 Å². The Balaban J connectivity index is 2.25. The van der Waals surface area contributed by atoms with Gasteiger partial charge in [0.05, 0.1) is 6.26 Å². The molecule has 0 amide bonds. The zero-order valence-corrected chi connectivity index (χ0v) is 8.52. The van der Waals surface area contributed by atoms with Gasteiger partial charge in [0.2, 0.25) is 0 Å². The quantitative estimate of drug-likeness (QED) is 0.827. The van der Waals surface area contributed by atoms with Gasteiger partial charge in [-0.1, -0.05) is 30.3 Å². The topological polar surface area (TPSA) is 33.4 Å². The second-order valence-corrected chi connectivity index (χ2v) is 3.45. The average molecular weight is 202 g/mol. The van der Waals surface area contributed by atoms with Crippen LogP contribution in [-0.4, -0.2) is 11.7 Å². The maximum atomic E-state index is 8.78. The Morgan fingerprint density at radius 2 is 1.87 bits per heavy atom. The van der Waals surface area contributed by atoms with E-state index in [9.17, 15) is 0 Å². The lowest BCUT2D eigenvalue weighted by Crippen LogP contribution is -1.89. The maximum Gasteiger partial charge on any atom is 0.111 e. The van der Waals surface area contributed by atoms with E-state index in [-0.39, 0.29) is 6.61 Å². The molecule has 1 N–H and O–H groups in total. The maximum absolute atomic E-state index is 8.78. The summed E-state index contributed by atoms with van der Waals surface area (Å²) in [7, 11) is 0. The molecule has 0 radical (unpaired) electrons. The molecule has 1 aromatic carbocycles. The molecule has 15 heavy (non-hydrogen) atoms. The molecular weight excluding hydrogens is 188 g/mol. The van der Waals surface area contributed by atoms with Crippen LogP contribution in [0.25, 0.3) is 11.1 Å². The summed E-state index contributed by atoms with van der Waals surface area (Å²) in [5.74, 6) is 0.954. The molecular formula is C13H14O2. The van der Waals surface area contributed by atoms with Gasteiger partial charge >= 0.3 is 0 Å². The lowest BCUT2D eigenvalue weighted by Gasteiger charge is -2.01. The summed E-state index contributed by atoms with van der Waals surface area (Å²) >= 11 is 0. The van der Waals surface area contributed by atoms with E-state index in [1.165, 1.54) is 5.56 Å². The fourth-order valence-corrected chi connectivity index (χ4v) is 1.65. The number of aliphatic hydroxyl groups is 1. The van der Waals surface area contributed by atoms with Crippen LogP contribution in [0.2, 0.25) is 0 Å². The molecule has 2 rings (SSSR count). The minimum Gasteiger partial charge on any atom is -0.469 e. The third kappa shape index (κ3) is 2.28. The average Bonchev–Trinajstić information content (AvgIpc) is 2.75. The molecule has 2 nitrogen and oxygen atoms in total. The predicted octanol–water partition coefficient (Wildman–Crippen LogP) is 2.87. The summed E-state index contributed by atoms with van der Waals surface area (Å²) < 4.78 is 5.41. The first-order chi connectivity index (χ1) is 7.42. The van der Waals surface area contributed by atoms with Gasteiger partial charge in [0.25, 0.3) is 0 Å². The van der Waals surface area contributed by atoms with E-state index in [1.54, 1.807) is 6.26 Å². The van der Waals surface area contributed by atoms with Gasteiger partial charge in [-0.3, -0.25) is 0 Å². The molecule has 1 aromatic heterocycles. The summed E-state index contributed by atoms with van der Waals surface area (Å²) in [6, 6.07) is 12.1. The first kappa shape index (κ1) is 9.99. The molecule has 78 valence electrons. The van der Waals surface area contributed by atoms with E-state index >= 15 is 0 Å². The Bertz CT molecular complexity index is 403. The smallest absolute Gasteiger partial charge is 0.111 e. The fraction of sp³-hybridized carbons (Fsp3) is 0.231. The number of aryl methyl sites for hydroxylation is 1. The van der Waals surface area contributed by atoms with Crippen LogP contribution in [0.15, 0.2) is 47.1 Å². The Labute approximate surface area is 89.2 Å². The molecule has 0 aliphatic heterocycles. The van der Waals surface area contributed by atoms with Crippen LogP contribution in [0, 0.1) is 0 Å². The van der Waals surface area contributed by atoms with E-state index in [0.29, 0.717) is 0 Å². The summed E-state index contributed by atoms with van der Waals surface area (Å²) in [4.78, 5) is 0. The van der Waals surface area contributed by atoms with Crippen molar-refractivity contribution in [2.24, 2.45) is 0 Å². The monoisotopic (exact) mass is 202 g/mol. The molecule has 2 heteroatoms. The molecule has 0 saturated heterocycles. The van der Waals surface area contributed by atoms with Crippen LogP contribution in [-0.2, 0) is 6.42 Å². The van der Waals surface area contributed by atoms with Gasteiger partial charge in [0, 0.05) is 18.6 Å². The van der Waals surface area contributed by atoms with E-state index < -0.39 is 0 Å². The molecule has 0 fully saturated rings. The summed E-state index contributed by atoms with van der Waals surface area (Å²) in [5.41, 5.74) is 2.29. The number of rotatable bonds is 4. The van der Waals surface area contributed by atoms with E-state index in [2.05, 4.69) is 12.1 Å². The first-order valence-corrected chi connectivity index (χ1v) is 5.14. The molecule has 0 bridgehead atoms. The summed E-state index contributed by atoms with van der Waals surface area (Å²) in [6.07, 6.45) is 3.23. The largest absolute Gasteiger partial charge is 0.469 e. The Morgan fingerprint density at radius 1 is 1.07 bits per heavy atom. The van der Waals surface area contributed by atoms with Crippen molar-refractivity contribution in [2.45, 2.75) is 12.8 Å². The molecule has 0 spiro atoms. The van der Waals surface area contributed by atoms with Crippen molar-refractivity contribution in [3.05, 3.63) is 48.4 Å². The van der Waals surface area contributed by atoms with Gasteiger partial charge in [-0.2, -0.15) is 0 Å². The van der Waals surface area contributed by atoms with Crippen LogP contribution in [0.3, 0.4) is 0 Å². The zero-order valence-electron chi connectivity index (χ0n) is 8.52. The Morgan fingerprint density at radius 3 is 2.60 bits per heavy atom. The summed E-state index contributed by atoms with van der Waals surface area (Å²) in [6.45, 7) is 0.203. The fourth-order valence-electron chi connectivity index (χ4n) is 1.65. The Kier molecular flexibility index (Phi) is 3.20. The third-order valence-corrected chi connectivity index (χ3v) is 2.39. The van der Waals surface area contributed by atoms with Crippen molar-refractivity contribution in [1.82, 2.24) is 0 Å². The summed E-state index contributed by atoms with van der Waals surface area (Å²) in [5, 5.41) is 8.78. The highest BCUT2D eigenvalue weighted by Crippen LogP contribution is 2.25. The number of hydrogen-bond donors (Lipinski definition) is 1. The molecule has 0 atom stereocenters. The molecule has 2 aromatic rings. The molecule has 0 saturated carbocycles. The minimum atomic E-state index is 0.203. The van der Waals surface area contributed by atoms with Crippen LogP contribution < -0.4 is 0 Å². The van der Waals surface area contributed by atoms with Crippen LogP contribution >= 0.6 is 0 Å². The van der Waals surface area contributed by atoms with Crippen molar-refractivity contribution in [2.75, 3.05) is 6.61 Å². The third-order valence-electron chi connectivity index (χ3n) is 2.39. The van der Waals surface area contributed by atoms with Gasteiger partial charge in [-0.05, 0) is 18.1 Å². The number of hydrogen-bond acceptors (Lipinski definition) is 2. The zero-order chi connectivity index (χ0) is 10.5. The van der Waals surface area contributed by atoms with Crippen LogP contribution in [0.1, 0.15) is 12.2 Å². The Hall–Kier alpha value is -1.54. The molecule has 0 aliphatic rings. The molecule has 1 heterocycles. The van der Waals surface area contributed by atoms with Gasteiger partial charge in [0.15, 0.2) is 0 Å². The van der Waals surface area contributed by atoms with Crippen LogP contribution in [0.5, 0.6) is 0 Å². The van der Waals surface area contributed by atoms with E-state index in [4.69, 9.17) is 9.52 Å². The number of furan rings is 1. The lowest BCUT2D eigenvalue weighted by atomic mass is 10.0. The van der Waals surface area contributed by atoms with Crippen molar-refractivity contribution in [3.8, 4) is 11.1 Å². The molecule has 0 unspecified atom stereocenters. The first-order valence-electron chi connectivity index (χ1n) is 5.14. The van der Waals surface area contributed by atoms with Crippen molar-refractivity contribution >= 4 is 0 Å². The minimum absolute atomic E-state index is 0.203. The van der Waals surface area contributed by atoms with Crippen molar-refractivity contribution in [3.63, 3.8) is 0 Å². The van der Waals surface area contributed by atoms with E-state index in [0.717, 1.165) is 24.2 Å². The highest BCUT2D eigenvalue weighted by atomic mass is 16.3. The number of benzene rings is 1. The van der Waals surface area contributed by atoms with Crippen molar-refractivity contribution < 1.29 is 9.52 Å². The van der Waals surface area contributed by atoms with Crippen LogP contribution in [0.4, 0.5) is 0 Å². The lowest BCUT2D eigenvalue weighted by molar-refractivity contribution is 0.284. The van der Waals surface area contributed by atoms with E-state index in [1.807, 2.05) is 24.3 Å². The highest BCUT2D eigenvalue weighted by Gasteiger charge is 2.07. The second-order valence-electron chi connectivity index (χ2n) is 3.45. The molecule has 0 aliphatic carbocycles. The van der Waals surface area contributed by atoms with Gasteiger partial charge in [-0.15, -0.1) is 0 Å². The second kappa shape index (κ2) is 4.80. The predicted molar refractivity (Wildman–Crippen MR) is 59.6 cm³/mol. The van der Waals surface area contributed by atoms with Gasteiger partial charge in [0.1, 0.15) is 5.76 Å². The van der Waals surface area contributed by atoms with Crippen molar-refractivity contribution in [1.29, 1.82) is 0 Å². The highest BCUT2D eigenvalue weighted by molar-refractivity contribution is 5.65.